The summed E-state index contributed by atoms with van der Waals surface area (Å²) in [6, 6.07) is 26.1. The molecule has 29 heavy (non-hydrogen) atoms. The van der Waals surface area contributed by atoms with Gasteiger partial charge in [0.2, 0.25) is 17.4 Å². The second kappa shape index (κ2) is 6.56. The summed E-state index contributed by atoms with van der Waals surface area (Å²) in [5.41, 5.74) is 8.62. The fraction of sp³-hybridized carbons (Fsp3) is 0.154. The molecule has 0 bridgehead atoms. The van der Waals surface area contributed by atoms with Gasteiger partial charge in [-0.3, -0.25) is 0 Å². The number of pyridine rings is 1. The third kappa shape index (κ3) is 2.73. The van der Waals surface area contributed by atoms with E-state index in [-0.39, 0.29) is 0 Å². The average Bonchev–Trinajstić information content (AvgIpc) is 3.05. The maximum Gasteiger partial charge on any atom is 0.218 e. The van der Waals surface area contributed by atoms with Crippen LogP contribution in [0, 0.1) is 20.8 Å². The molecule has 5 rings (SSSR count). The van der Waals surface area contributed by atoms with Gasteiger partial charge in [-0.2, -0.15) is 4.57 Å². The number of fused-ring (bicyclic) bond motifs is 2. The molecule has 0 atom stereocenters. The maximum atomic E-state index is 2.38. The standard InChI is InChI=1S/C26H25N3/c1-18-15-25(28-19(2)13-14-21-9-5-7-11-23(21)28)20(3)26(16-18)29-24-12-8-6-10-22(24)17-27(29)4/h5-17H,1-4H3/q+2. The van der Waals surface area contributed by atoms with Gasteiger partial charge in [-0.05, 0) is 49.7 Å². The first-order valence-electron chi connectivity index (χ1n) is 10.0. The number of aryl methyl sites for hydroxylation is 3. The number of para-hydroxylation sites is 2. The Morgan fingerprint density at radius 3 is 2.31 bits per heavy atom. The lowest BCUT2D eigenvalue weighted by atomic mass is 10.1. The molecule has 0 N–H and O–H groups in total. The first-order chi connectivity index (χ1) is 14.0. The largest absolute Gasteiger partial charge is 0.218 e. The molecule has 0 amide bonds. The average molecular weight is 380 g/mol. The summed E-state index contributed by atoms with van der Waals surface area (Å²) in [6.07, 6.45) is 2.19. The van der Waals surface area contributed by atoms with Gasteiger partial charge in [-0.15, -0.1) is 9.36 Å². The smallest absolute Gasteiger partial charge is 0.157 e. The normalized spacial score (nSPS) is 11.4. The zero-order chi connectivity index (χ0) is 20.1. The molecule has 142 valence electrons. The second-order valence-electron chi connectivity index (χ2n) is 7.87. The monoisotopic (exact) mass is 379 g/mol. The Balaban J connectivity index is 1.86. The van der Waals surface area contributed by atoms with Gasteiger partial charge in [0.1, 0.15) is 11.2 Å². The molecule has 0 aliphatic rings. The van der Waals surface area contributed by atoms with E-state index in [9.17, 15) is 0 Å². The van der Waals surface area contributed by atoms with E-state index < -0.39 is 0 Å². The molecule has 0 aliphatic carbocycles. The van der Waals surface area contributed by atoms with Crippen LogP contribution in [0.5, 0.6) is 0 Å². The van der Waals surface area contributed by atoms with Crippen molar-refractivity contribution in [3.05, 3.63) is 95.8 Å². The number of benzene rings is 3. The Labute approximate surface area is 171 Å². The molecule has 0 spiro atoms. The molecule has 3 nitrogen and oxygen atoms in total. The molecular weight excluding hydrogens is 354 g/mol. The highest BCUT2D eigenvalue weighted by Crippen LogP contribution is 2.25. The van der Waals surface area contributed by atoms with Crippen molar-refractivity contribution in [3.8, 4) is 11.4 Å². The van der Waals surface area contributed by atoms with Crippen LogP contribution in [0.1, 0.15) is 16.8 Å². The number of nitrogens with zero attached hydrogens (tertiary/aromatic N) is 3. The summed E-state index contributed by atoms with van der Waals surface area (Å²) in [5, 5.41) is 2.49. The lowest BCUT2D eigenvalue weighted by molar-refractivity contribution is -0.741. The fourth-order valence-corrected chi connectivity index (χ4v) is 4.42. The molecule has 5 aromatic rings. The van der Waals surface area contributed by atoms with Crippen molar-refractivity contribution in [1.82, 2.24) is 4.68 Å². The van der Waals surface area contributed by atoms with Gasteiger partial charge in [0.05, 0.1) is 10.9 Å². The Kier molecular flexibility index (Phi) is 3.99. The van der Waals surface area contributed by atoms with Crippen molar-refractivity contribution in [2.75, 3.05) is 0 Å². The predicted molar refractivity (Wildman–Crippen MR) is 118 cm³/mol. The van der Waals surface area contributed by atoms with Crippen LogP contribution in [0.4, 0.5) is 0 Å². The zero-order valence-corrected chi connectivity index (χ0v) is 17.3. The van der Waals surface area contributed by atoms with E-state index in [4.69, 9.17) is 0 Å². The number of hydrogen-bond donors (Lipinski definition) is 0. The topological polar surface area (TPSA) is 12.7 Å². The molecule has 0 saturated heterocycles. The van der Waals surface area contributed by atoms with Gasteiger partial charge >= 0.3 is 0 Å². The van der Waals surface area contributed by atoms with E-state index in [1.165, 1.54) is 50.0 Å². The van der Waals surface area contributed by atoms with Gasteiger partial charge in [0.25, 0.3) is 0 Å². The third-order valence-electron chi connectivity index (χ3n) is 5.81. The van der Waals surface area contributed by atoms with Crippen LogP contribution in [-0.4, -0.2) is 4.68 Å². The minimum Gasteiger partial charge on any atom is -0.157 e. The highest BCUT2D eigenvalue weighted by molar-refractivity contribution is 5.80. The Morgan fingerprint density at radius 1 is 0.759 bits per heavy atom. The molecule has 2 heterocycles. The highest BCUT2D eigenvalue weighted by Gasteiger charge is 2.24. The quantitative estimate of drug-likeness (QED) is 0.391. The summed E-state index contributed by atoms with van der Waals surface area (Å²) < 4.78 is 6.87. The van der Waals surface area contributed by atoms with E-state index in [0.29, 0.717) is 0 Å². The van der Waals surface area contributed by atoms with Crippen LogP contribution < -0.4 is 9.25 Å². The Morgan fingerprint density at radius 2 is 1.48 bits per heavy atom. The van der Waals surface area contributed by atoms with Gasteiger partial charge in [0, 0.05) is 30.5 Å². The maximum absolute atomic E-state index is 2.38. The van der Waals surface area contributed by atoms with Crippen LogP contribution in [0.25, 0.3) is 33.2 Å². The summed E-state index contributed by atoms with van der Waals surface area (Å²) in [7, 11) is 2.11. The van der Waals surface area contributed by atoms with Crippen molar-refractivity contribution in [1.29, 1.82) is 0 Å². The van der Waals surface area contributed by atoms with Crippen molar-refractivity contribution in [2.24, 2.45) is 7.05 Å². The Bertz CT molecular complexity index is 1390. The lowest BCUT2D eigenvalue weighted by Crippen LogP contribution is -2.39. The van der Waals surface area contributed by atoms with Crippen LogP contribution in [0.2, 0.25) is 0 Å². The minimum absolute atomic E-state index is 1.21. The van der Waals surface area contributed by atoms with E-state index in [1.54, 1.807) is 0 Å². The van der Waals surface area contributed by atoms with Crippen molar-refractivity contribution in [3.63, 3.8) is 0 Å². The third-order valence-corrected chi connectivity index (χ3v) is 5.81. The van der Waals surface area contributed by atoms with Crippen LogP contribution in [0.15, 0.2) is 79.0 Å². The van der Waals surface area contributed by atoms with Gasteiger partial charge in [-0.25, -0.2) is 0 Å². The predicted octanol–water partition coefficient (Wildman–Crippen LogP) is 4.81. The van der Waals surface area contributed by atoms with E-state index in [0.717, 1.165) is 0 Å². The van der Waals surface area contributed by atoms with E-state index in [2.05, 4.69) is 121 Å². The molecular formula is C26H25N3+2. The van der Waals surface area contributed by atoms with Crippen molar-refractivity contribution in [2.45, 2.75) is 20.8 Å². The number of hydrogen-bond acceptors (Lipinski definition) is 0. The van der Waals surface area contributed by atoms with Gasteiger partial charge < -0.3 is 0 Å². The van der Waals surface area contributed by atoms with Crippen molar-refractivity contribution >= 4 is 21.8 Å². The molecule has 3 aromatic carbocycles. The van der Waals surface area contributed by atoms with Gasteiger partial charge in [0.15, 0.2) is 12.7 Å². The van der Waals surface area contributed by atoms with Gasteiger partial charge in [-0.1, -0.05) is 24.3 Å². The SMILES string of the molecule is Cc1cc(-n2c3ccccc3c[n+]2C)c(C)c(-[n+]2c(C)ccc3ccccc32)c1. The molecule has 0 radical (unpaired) electrons. The molecule has 3 heteroatoms. The summed E-state index contributed by atoms with van der Waals surface area (Å²) in [6.45, 7) is 6.59. The summed E-state index contributed by atoms with van der Waals surface area (Å²) in [5.74, 6) is 0. The number of aromatic nitrogens is 3. The van der Waals surface area contributed by atoms with Crippen LogP contribution in [0.3, 0.4) is 0 Å². The highest BCUT2D eigenvalue weighted by atomic mass is 15.4. The lowest BCUT2D eigenvalue weighted by Gasteiger charge is -2.12. The summed E-state index contributed by atoms with van der Waals surface area (Å²) in [4.78, 5) is 0. The molecule has 0 fully saturated rings. The fourth-order valence-electron chi connectivity index (χ4n) is 4.42. The summed E-state index contributed by atoms with van der Waals surface area (Å²) >= 11 is 0. The molecule has 0 aliphatic heterocycles. The Hall–Kier alpha value is -3.46. The van der Waals surface area contributed by atoms with Crippen LogP contribution in [-0.2, 0) is 7.05 Å². The van der Waals surface area contributed by atoms with Crippen LogP contribution >= 0.6 is 0 Å². The second-order valence-corrected chi connectivity index (χ2v) is 7.87. The zero-order valence-electron chi connectivity index (χ0n) is 17.3. The molecule has 0 unspecified atom stereocenters. The molecule has 2 aromatic heterocycles. The van der Waals surface area contributed by atoms with Crippen molar-refractivity contribution < 1.29 is 9.25 Å². The first kappa shape index (κ1) is 17.6. The minimum atomic E-state index is 1.21. The number of rotatable bonds is 2. The first-order valence-corrected chi connectivity index (χ1v) is 10.0. The van der Waals surface area contributed by atoms with E-state index >= 15 is 0 Å². The molecule has 0 saturated carbocycles. The van der Waals surface area contributed by atoms with E-state index in [1.807, 2.05) is 0 Å².